The molecule has 112 valence electrons. The fourth-order valence-electron chi connectivity index (χ4n) is 1.54. The van der Waals surface area contributed by atoms with Gasteiger partial charge in [0.25, 0.3) is 0 Å². The monoisotopic (exact) mass is 300 g/mol. The van der Waals surface area contributed by atoms with Gasteiger partial charge < -0.3 is 15.4 Å². The smallest absolute Gasteiger partial charge is 0.227 e. The predicted molar refractivity (Wildman–Crippen MR) is 78.7 cm³/mol. The Morgan fingerprint density at radius 3 is 2.75 bits per heavy atom. The molecular weight excluding hydrogens is 280 g/mol. The van der Waals surface area contributed by atoms with Crippen molar-refractivity contribution >= 4 is 23.3 Å². The van der Waals surface area contributed by atoms with E-state index < -0.39 is 5.41 Å². The van der Waals surface area contributed by atoms with Gasteiger partial charge in [0.15, 0.2) is 5.82 Å². The molecule has 0 aliphatic rings. The van der Waals surface area contributed by atoms with Crippen LogP contribution in [0.15, 0.2) is 6.07 Å². The van der Waals surface area contributed by atoms with E-state index in [1.54, 1.807) is 13.1 Å². The SMILES string of the molecule is CCOCc1nc(Cl)cc(NCC(C)(C)C(=O)NC)n1. The third-order valence-electron chi connectivity index (χ3n) is 2.73. The zero-order valence-corrected chi connectivity index (χ0v) is 13.0. The van der Waals surface area contributed by atoms with Crippen molar-refractivity contribution in [3.8, 4) is 0 Å². The van der Waals surface area contributed by atoms with Crippen LogP contribution in [0.5, 0.6) is 0 Å². The minimum atomic E-state index is -0.549. The number of hydrogen-bond acceptors (Lipinski definition) is 5. The maximum absolute atomic E-state index is 11.7. The van der Waals surface area contributed by atoms with Crippen LogP contribution < -0.4 is 10.6 Å². The van der Waals surface area contributed by atoms with Crippen LogP contribution in [0.25, 0.3) is 0 Å². The molecule has 20 heavy (non-hydrogen) atoms. The molecule has 1 aromatic rings. The summed E-state index contributed by atoms with van der Waals surface area (Å²) in [6.07, 6.45) is 0. The van der Waals surface area contributed by atoms with Gasteiger partial charge in [0.2, 0.25) is 5.91 Å². The van der Waals surface area contributed by atoms with Gasteiger partial charge in [-0.25, -0.2) is 9.97 Å². The lowest BCUT2D eigenvalue weighted by atomic mass is 9.92. The molecule has 0 aliphatic heterocycles. The normalized spacial score (nSPS) is 11.2. The second-order valence-electron chi connectivity index (χ2n) is 4.95. The Hall–Kier alpha value is -1.40. The number of carbonyl (C=O) groups is 1. The van der Waals surface area contributed by atoms with E-state index in [2.05, 4.69) is 20.6 Å². The second kappa shape index (κ2) is 7.40. The van der Waals surface area contributed by atoms with E-state index >= 15 is 0 Å². The van der Waals surface area contributed by atoms with Gasteiger partial charge in [0.1, 0.15) is 17.6 Å². The second-order valence-corrected chi connectivity index (χ2v) is 5.33. The summed E-state index contributed by atoms with van der Waals surface area (Å²) in [5.41, 5.74) is -0.549. The first kappa shape index (κ1) is 16.7. The first-order chi connectivity index (χ1) is 9.39. The van der Waals surface area contributed by atoms with E-state index in [9.17, 15) is 4.79 Å². The Morgan fingerprint density at radius 2 is 2.15 bits per heavy atom. The number of rotatable bonds is 7. The quantitative estimate of drug-likeness (QED) is 0.752. The third kappa shape index (κ3) is 4.94. The highest BCUT2D eigenvalue weighted by molar-refractivity contribution is 6.29. The highest BCUT2D eigenvalue weighted by atomic mass is 35.5. The van der Waals surface area contributed by atoms with E-state index in [0.29, 0.717) is 36.6 Å². The molecule has 2 N–H and O–H groups in total. The summed E-state index contributed by atoms with van der Waals surface area (Å²) >= 11 is 5.94. The molecule has 0 saturated heterocycles. The summed E-state index contributed by atoms with van der Waals surface area (Å²) < 4.78 is 5.26. The minimum absolute atomic E-state index is 0.0420. The number of nitrogens with one attached hydrogen (secondary N) is 2. The van der Waals surface area contributed by atoms with Crippen molar-refractivity contribution in [3.05, 3.63) is 17.0 Å². The van der Waals surface area contributed by atoms with Crippen LogP contribution in [-0.2, 0) is 16.1 Å². The number of hydrogen-bond donors (Lipinski definition) is 2. The van der Waals surface area contributed by atoms with Crippen molar-refractivity contribution in [2.45, 2.75) is 27.4 Å². The number of halogens is 1. The Bertz CT molecular complexity index is 466. The molecule has 6 nitrogen and oxygen atoms in total. The van der Waals surface area contributed by atoms with E-state index in [1.807, 2.05) is 20.8 Å². The van der Waals surface area contributed by atoms with Gasteiger partial charge in [-0.1, -0.05) is 11.6 Å². The van der Waals surface area contributed by atoms with Gasteiger partial charge in [-0.2, -0.15) is 0 Å². The maximum atomic E-state index is 11.7. The number of ether oxygens (including phenoxy) is 1. The van der Waals surface area contributed by atoms with Crippen molar-refractivity contribution in [2.24, 2.45) is 5.41 Å². The maximum Gasteiger partial charge on any atom is 0.227 e. The van der Waals surface area contributed by atoms with Crippen LogP contribution >= 0.6 is 11.6 Å². The van der Waals surface area contributed by atoms with E-state index in [1.165, 1.54) is 0 Å². The molecule has 0 bridgehead atoms. The minimum Gasteiger partial charge on any atom is -0.374 e. The largest absolute Gasteiger partial charge is 0.374 e. The van der Waals surface area contributed by atoms with Crippen LogP contribution in [0.2, 0.25) is 5.15 Å². The number of aromatic nitrogens is 2. The topological polar surface area (TPSA) is 76.1 Å². The fraction of sp³-hybridized carbons (Fsp3) is 0.615. The fourth-order valence-corrected chi connectivity index (χ4v) is 1.74. The van der Waals surface area contributed by atoms with Gasteiger partial charge in [-0.3, -0.25) is 4.79 Å². The Kier molecular flexibility index (Phi) is 6.16. The first-order valence-corrected chi connectivity index (χ1v) is 6.84. The van der Waals surface area contributed by atoms with E-state index in [0.717, 1.165) is 0 Å². The third-order valence-corrected chi connectivity index (χ3v) is 2.92. The molecule has 0 fully saturated rings. The van der Waals surface area contributed by atoms with Crippen LogP contribution in [0, 0.1) is 5.41 Å². The van der Waals surface area contributed by atoms with E-state index in [-0.39, 0.29) is 5.91 Å². The summed E-state index contributed by atoms with van der Waals surface area (Å²) in [6, 6.07) is 1.62. The lowest BCUT2D eigenvalue weighted by molar-refractivity contribution is -0.128. The van der Waals surface area contributed by atoms with Gasteiger partial charge >= 0.3 is 0 Å². The number of amides is 1. The average molecular weight is 301 g/mol. The summed E-state index contributed by atoms with van der Waals surface area (Å²) in [4.78, 5) is 20.1. The Balaban J connectivity index is 2.72. The van der Waals surface area contributed by atoms with E-state index in [4.69, 9.17) is 16.3 Å². The summed E-state index contributed by atoms with van der Waals surface area (Å²) in [6.45, 7) is 6.93. The number of carbonyl (C=O) groups excluding carboxylic acids is 1. The predicted octanol–water partition coefficient (Wildman–Crippen LogP) is 1.85. The zero-order valence-electron chi connectivity index (χ0n) is 12.3. The molecule has 1 amide bonds. The lowest BCUT2D eigenvalue weighted by Crippen LogP contribution is -2.39. The average Bonchev–Trinajstić information content (AvgIpc) is 2.41. The molecule has 1 aromatic heterocycles. The molecule has 0 unspecified atom stereocenters. The van der Waals surface area contributed by atoms with Gasteiger partial charge in [-0.05, 0) is 20.8 Å². The molecule has 0 aliphatic carbocycles. The molecule has 0 spiro atoms. The Labute approximate surface area is 124 Å². The Morgan fingerprint density at radius 1 is 1.45 bits per heavy atom. The van der Waals surface area contributed by atoms with Crippen LogP contribution in [0.1, 0.15) is 26.6 Å². The number of nitrogens with zero attached hydrogens (tertiary/aromatic N) is 2. The van der Waals surface area contributed by atoms with Gasteiger partial charge in [0, 0.05) is 26.3 Å². The van der Waals surface area contributed by atoms with Crippen molar-refractivity contribution in [3.63, 3.8) is 0 Å². The molecule has 0 radical (unpaired) electrons. The van der Waals surface area contributed by atoms with Crippen LogP contribution in [-0.4, -0.2) is 36.1 Å². The molecule has 7 heteroatoms. The summed E-state index contributed by atoms with van der Waals surface area (Å²) in [5.74, 6) is 1.05. The van der Waals surface area contributed by atoms with Crippen molar-refractivity contribution in [2.75, 3.05) is 25.5 Å². The van der Waals surface area contributed by atoms with Crippen molar-refractivity contribution < 1.29 is 9.53 Å². The van der Waals surface area contributed by atoms with Gasteiger partial charge in [0.05, 0.1) is 5.41 Å². The zero-order chi connectivity index (χ0) is 15.2. The van der Waals surface area contributed by atoms with Crippen LogP contribution in [0.3, 0.4) is 0 Å². The molecular formula is C13H21ClN4O2. The molecule has 1 heterocycles. The highest BCUT2D eigenvalue weighted by Gasteiger charge is 2.26. The molecule has 0 saturated carbocycles. The molecule has 0 aromatic carbocycles. The summed E-state index contributed by atoms with van der Waals surface area (Å²) in [5, 5.41) is 6.08. The standard InChI is InChI=1S/C13H21ClN4O2/c1-5-20-7-11-17-9(14)6-10(18-11)16-8-13(2,3)12(19)15-4/h6H,5,7-8H2,1-4H3,(H,15,19)(H,16,17,18). The lowest BCUT2D eigenvalue weighted by Gasteiger charge is -2.23. The first-order valence-electron chi connectivity index (χ1n) is 6.46. The van der Waals surface area contributed by atoms with Crippen LogP contribution in [0.4, 0.5) is 5.82 Å². The van der Waals surface area contributed by atoms with Crippen molar-refractivity contribution in [1.82, 2.24) is 15.3 Å². The van der Waals surface area contributed by atoms with Crippen molar-refractivity contribution in [1.29, 1.82) is 0 Å². The summed E-state index contributed by atoms with van der Waals surface area (Å²) in [7, 11) is 1.62. The highest BCUT2D eigenvalue weighted by Crippen LogP contribution is 2.18. The molecule has 0 atom stereocenters. The van der Waals surface area contributed by atoms with Gasteiger partial charge in [-0.15, -0.1) is 0 Å². The number of anilines is 1. The molecule has 1 rings (SSSR count).